The number of nitrogens with zero attached hydrogens (tertiary/aromatic N) is 6. The van der Waals surface area contributed by atoms with Crippen LogP contribution in [0.4, 0.5) is 47.3 Å². The fourth-order valence-electron chi connectivity index (χ4n) is 14.7. The molecule has 6 nitrogen and oxygen atoms in total. The molecule has 2 aliphatic heterocycles. The molecule has 0 N–H and O–H groups in total. The molecular formula is C88H56BF3N6. The second-order valence-corrected chi connectivity index (χ2v) is 25.0. The molecule has 10 heteroatoms. The largest absolute Gasteiger partial charge is 0.418 e. The van der Waals surface area contributed by atoms with E-state index in [1.54, 1.807) is 16.7 Å². The Morgan fingerprint density at radius 1 is 0.255 bits per heavy atom. The van der Waals surface area contributed by atoms with E-state index in [0.717, 1.165) is 106 Å². The molecule has 0 fully saturated rings. The van der Waals surface area contributed by atoms with E-state index in [9.17, 15) is 0 Å². The van der Waals surface area contributed by atoms with E-state index in [1.807, 2.05) is 91.0 Å². The van der Waals surface area contributed by atoms with E-state index in [-0.39, 0.29) is 23.8 Å². The number of benzene rings is 14. The number of hydrogen-bond donors (Lipinski definition) is 0. The highest BCUT2D eigenvalue weighted by Crippen LogP contribution is 2.50. The van der Waals surface area contributed by atoms with Crippen LogP contribution in [0, 0.1) is 0 Å². The number of rotatable bonds is 11. The van der Waals surface area contributed by atoms with E-state index < -0.39 is 11.7 Å². The van der Waals surface area contributed by atoms with Gasteiger partial charge in [0.1, 0.15) is 0 Å². The van der Waals surface area contributed by atoms with Crippen molar-refractivity contribution in [2.75, 3.05) is 9.80 Å². The molecule has 0 amide bonds. The number of alkyl halides is 3. The predicted octanol–water partition coefficient (Wildman–Crippen LogP) is 21.4. The van der Waals surface area contributed by atoms with Crippen molar-refractivity contribution < 1.29 is 13.2 Å². The highest BCUT2D eigenvalue weighted by atomic mass is 19.4. The Morgan fingerprint density at radius 3 is 1.07 bits per heavy atom. The number of aromatic nitrogens is 4. The van der Waals surface area contributed by atoms with E-state index in [0.29, 0.717) is 33.8 Å². The third-order valence-corrected chi connectivity index (χ3v) is 19.2. The Kier molecular flexibility index (Phi) is 14.0. The zero-order valence-electron chi connectivity index (χ0n) is 52.7. The fourth-order valence-corrected chi connectivity index (χ4v) is 14.7. The molecule has 4 heterocycles. The number of hydrogen-bond acceptors (Lipinski definition) is 5. The molecule has 0 atom stereocenters. The van der Waals surface area contributed by atoms with Gasteiger partial charge < -0.3 is 14.4 Å². The lowest BCUT2D eigenvalue weighted by molar-refractivity contribution is -0.137. The van der Waals surface area contributed by atoms with Crippen molar-refractivity contribution in [3.63, 3.8) is 0 Å². The quantitative estimate of drug-likeness (QED) is 0.121. The molecule has 2 aromatic heterocycles. The summed E-state index contributed by atoms with van der Waals surface area (Å²) in [6.45, 7) is -0.178. The Labute approximate surface area is 565 Å². The van der Waals surface area contributed by atoms with Crippen molar-refractivity contribution in [3.8, 4) is 95.5 Å². The molecule has 0 radical (unpaired) electrons. The maximum Gasteiger partial charge on any atom is 0.418 e. The standard InChI is InChI=1S/C88H56BF3N6/c90-88(91,92)74-54-64(87-94-85(61-33-15-5-16-34-61)93-86(95-87)62-35-17-6-18-36-62)44-46-79(74)98-77-40-22-19-37-72(77)73-53-63(43-45-78(73)98)69-55-82-84-83(56-69)97(71-51-67(59-29-11-3-12-30-59)48-68(52-71)60-31-13-4-14-32-60)81-42-24-21-39-76(81)89(84)75-38-20-23-41-80(75)96(82)70-49-65(57-25-7-1-8-26-57)47-66(50-70)58-27-9-2-10-28-58/h1-56H. The van der Waals surface area contributed by atoms with E-state index in [2.05, 4.69) is 240 Å². The molecule has 0 saturated carbocycles. The molecule has 16 aromatic rings. The molecule has 0 bridgehead atoms. The van der Waals surface area contributed by atoms with Crippen LogP contribution in [0.2, 0.25) is 0 Å². The van der Waals surface area contributed by atoms with Gasteiger partial charge in [-0.15, -0.1) is 0 Å². The second kappa shape index (κ2) is 23.7. The van der Waals surface area contributed by atoms with Crippen molar-refractivity contribution in [2.45, 2.75) is 6.18 Å². The van der Waals surface area contributed by atoms with Gasteiger partial charge in [0, 0.05) is 61.6 Å². The number of para-hydroxylation sites is 3. The summed E-state index contributed by atoms with van der Waals surface area (Å²) in [6, 6.07) is 116. The van der Waals surface area contributed by atoms with Gasteiger partial charge in [0.15, 0.2) is 17.5 Å². The van der Waals surface area contributed by atoms with Crippen molar-refractivity contribution in [1.82, 2.24) is 19.5 Å². The van der Waals surface area contributed by atoms with Crippen LogP contribution in [0.3, 0.4) is 0 Å². The number of anilines is 6. The van der Waals surface area contributed by atoms with Gasteiger partial charge in [0.05, 0.1) is 22.3 Å². The lowest BCUT2D eigenvalue weighted by atomic mass is 9.33. The van der Waals surface area contributed by atoms with Crippen LogP contribution in [-0.2, 0) is 6.18 Å². The predicted molar refractivity (Wildman–Crippen MR) is 397 cm³/mol. The van der Waals surface area contributed by atoms with Gasteiger partial charge in [-0.25, -0.2) is 15.0 Å². The van der Waals surface area contributed by atoms with Gasteiger partial charge in [-0.05, 0) is 169 Å². The minimum Gasteiger partial charge on any atom is -0.311 e. The second-order valence-electron chi connectivity index (χ2n) is 25.0. The summed E-state index contributed by atoms with van der Waals surface area (Å²) in [4.78, 5) is 19.4. The highest BCUT2D eigenvalue weighted by molar-refractivity contribution is 7.00. The van der Waals surface area contributed by atoms with Crippen LogP contribution < -0.4 is 26.2 Å². The summed E-state index contributed by atoms with van der Waals surface area (Å²) in [7, 11) is 0. The van der Waals surface area contributed by atoms with Crippen LogP contribution >= 0.6 is 0 Å². The minimum atomic E-state index is -4.79. The van der Waals surface area contributed by atoms with Crippen LogP contribution in [0.25, 0.3) is 117 Å². The zero-order chi connectivity index (χ0) is 65.4. The van der Waals surface area contributed by atoms with Crippen LogP contribution in [0.5, 0.6) is 0 Å². The molecule has 0 spiro atoms. The zero-order valence-corrected chi connectivity index (χ0v) is 52.7. The number of halogens is 3. The Bertz CT molecular complexity index is 5380. The number of fused-ring (bicyclic) bond motifs is 7. The first-order chi connectivity index (χ1) is 48.2. The SMILES string of the molecule is FC(F)(F)c1cc(-c2nc(-c3ccccc3)nc(-c3ccccc3)n2)ccc1-n1c2ccccc2c2cc(-c3cc4c5c(c3)N(c3cc(-c6ccccc6)cc(-c6ccccc6)c3)c3ccccc3B5c3ccccc3N4c3cc(-c4ccccc4)cc(-c4ccccc4)c3)ccc21. The minimum absolute atomic E-state index is 0.0195. The van der Waals surface area contributed by atoms with Crippen molar-refractivity contribution in [1.29, 1.82) is 0 Å². The van der Waals surface area contributed by atoms with Gasteiger partial charge >= 0.3 is 6.18 Å². The molecule has 98 heavy (non-hydrogen) atoms. The summed E-state index contributed by atoms with van der Waals surface area (Å²) in [5.74, 6) is 0.835. The Hall–Kier alpha value is -12.7. The first kappa shape index (κ1) is 58.0. The average molecular weight is 1270 g/mol. The normalized spacial score (nSPS) is 12.4. The first-order valence-electron chi connectivity index (χ1n) is 32.8. The topological polar surface area (TPSA) is 50.1 Å². The molecule has 0 unspecified atom stereocenters. The molecule has 14 aromatic carbocycles. The smallest absolute Gasteiger partial charge is 0.311 e. The maximum absolute atomic E-state index is 16.2. The molecule has 2 aliphatic rings. The van der Waals surface area contributed by atoms with Crippen molar-refractivity contribution in [3.05, 3.63) is 345 Å². The van der Waals surface area contributed by atoms with Crippen LogP contribution in [-0.4, -0.2) is 26.2 Å². The Balaban J connectivity index is 0.874. The lowest BCUT2D eigenvalue weighted by Crippen LogP contribution is -2.61. The highest BCUT2D eigenvalue weighted by Gasteiger charge is 2.44. The summed E-state index contributed by atoms with van der Waals surface area (Å²) < 4.78 is 50.4. The van der Waals surface area contributed by atoms with Gasteiger partial charge in [0.2, 0.25) is 0 Å². The lowest BCUT2D eigenvalue weighted by Gasteiger charge is -2.44. The van der Waals surface area contributed by atoms with Gasteiger partial charge in [-0.1, -0.05) is 243 Å². The third-order valence-electron chi connectivity index (χ3n) is 19.2. The fraction of sp³-hybridized carbons (Fsp3) is 0.0114. The average Bonchev–Trinajstić information content (AvgIpc) is 1.38. The Morgan fingerprint density at radius 2 is 0.622 bits per heavy atom. The summed E-state index contributed by atoms with van der Waals surface area (Å²) in [6.07, 6.45) is -4.79. The maximum atomic E-state index is 16.2. The van der Waals surface area contributed by atoms with Crippen LogP contribution in [0.1, 0.15) is 5.56 Å². The van der Waals surface area contributed by atoms with E-state index in [1.165, 1.54) is 17.0 Å². The molecular weight excluding hydrogens is 1210 g/mol. The monoisotopic (exact) mass is 1260 g/mol. The summed E-state index contributed by atoms with van der Waals surface area (Å²) >= 11 is 0. The van der Waals surface area contributed by atoms with Gasteiger partial charge in [-0.2, -0.15) is 13.2 Å². The third kappa shape index (κ3) is 10.1. The van der Waals surface area contributed by atoms with Crippen molar-refractivity contribution >= 4 is 79.0 Å². The summed E-state index contributed by atoms with van der Waals surface area (Å²) in [5.41, 5.74) is 22.2. The van der Waals surface area contributed by atoms with Crippen molar-refractivity contribution in [2.24, 2.45) is 0 Å². The van der Waals surface area contributed by atoms with Crippen LogP contribution in [0.15, 0.2) is 340 Å². The molecule has 18 rings (SSSR count). The molecule has 0 aliphatic carbocycles. The first-order valence-corrected chi connectivity index (χ1v) is 32.8. The van der Waals surface area contributed by atoms with E-state index >= 15 is 13.2 Å². The van der Waals surface area contributed by atoms with E-state index in [4.69, 9.17) is 15.0 Å². The molecule has 462 valence electrons. The van der Waals surface area contributed by atoms with Gasteiger partial charge in [0.25, 0.3) is 6.71 Å². The summed E-state index contributed by atoms with van der Waals surface area (Å²) in [5, 5.41) is 1.61. The molecule has 0 saturated heterocycles. The van der Waals surface area contributed by atoms with Gasteiger partial charge in [-0.3, -0.25) is 0 Å².